The van der Waals surface area contributed by atoms with Crippen molar-refractivity contribution in [3.63, 3.8) is 0 Å². The molecule has 1 aromatic heterocycles. The van der Waals surface area contributed by atoms with Crippen molar-refractivity contribution in [2.24, 2.45) is 0 Å². The van der Waals surface area contributed by atoms with E-state index in [1.54, 1.807) is 24.7 Å². The van der Waals surface area contributed by atoms with Crippen LogP contribution >= 0.6 is 0 Å². The fourth-order valence-electron chi connectivity index (χ4n) is 1.73. The topological polar surface area (TPSA) is 56.1 Å². The van der Waals surface area contributed by atoms with Gasteiger partial charge in [-0.3, -0.25) is 0 Å². The van der Waals surface area contributed by atoms with Crippen molar-refractivity contribution in [1.82, 2.24) is 9.78 Å². The predicted molar refractivity (Wildman–Crippen MR) is 77.6 cm³/mol. The minimum Gasteiger partial charge on any atom is -0.463 e. The lowest BCUT2D eigenvalue weighted by Gasteiger charge is -2.03. The summed E-state index contributed by atoms with van der Waals surface area (Å²) in [5.74, 6) is -0.354. The fourth-order valence-corrected chi connectivity index (χ4v) is 1.73. The fraction of sp³-hybridized carbons (Fsp3) is 0.200. The largest absolute Gasteiger partial charge is 0.463 e. The molecular weight excluding hydrogens is 254 g/mol. The van der Waals surface area contributed by atoms with Crippen LogP contribution in [0.5, 0.6) is 0 Å². The van der Waals surface area contributed by atoms with E-state index in [0.29, 0.717) is 12.3 Å². The molecule has 2 rings (SSSR count). The molecule has 5 nitrogen and oxygen atoms in total. The number of rotatable bonds is 5. The molecule has 2 aromatic rings. The first-order chi connectivity index (χ1) is 9.69. The van der Waals surface area contributed by atoms with E-state index in [2.05, 4.69) is 10.4 Å². The molecule has 1 N–H and O–H groups in total. The number of hydrogen-bond donors (Lipinski definition) is 1. The van der Waals surface area contributed by atoms with E-state index in [-0.39, 0.29) is 5.97 Å². The summed E-state index contributed by atoms with van der Waals surface area (Å²) < 4.78 is 6.61. The number of nitrogens with zero attached hydrogens (tertiary/aromatic N) is 2. The highest BCUT2D eigenvalue weighted by Gasteiger charge is 2.02. The second-order valence-electron chi connectivity index (χ2n) is 4.21. The van der Waals surface area contributed by atoms with Gasteiger partial charge < -0.3 is 10.1 Å². The second-order valence-corrected chi connectivity index (χ2v) is 4.21. The van der Waals surface area contributed by atoms with Crippen molar-refractivity contribution in [3.05, 3.63) is 54.5 Å². The monoisotopic (exact) mass is 271 g/mol. The molecule has 0 atom stereocenters. The van der Waals surface area contributed by atoms with Crippen LogP contribution in [0.3, 0.4) is 0 Å². The molecule has 0 amide bonds. The number of esters is 1. The Morgan fingerprint density at radius 1 is 1.40 bits per heavy atom. The zero-order chi connectivity index (χ0) is 14.4. The van der Waals surface area contributed by atoms with Gasteiger partial charge in [-0.2, -0.15) is 5.10 Å². The lowest BCUT2D eigenvalue weighted by molar-refractivity contribution is -0.137. The van der Waals surface area contributed by atoms with Crippen LogP contribution in [-0.2, 0) is 9.53 Å². The molecule has 5 heteroatoms. The highest BCUT2D eigenvalue weighted by molar-refractivity contribution is 5.83. The number of benzene rings is 1. The first-order valence-corrected chi connectivity index (χ1v) is 6.41. The molecular formula is C15H17N3O2. The molecule has 0 fully saturated rings. The molecule has 1 aromatic carbocycles. The van der Waals surface area contributed by atoms with Gasteiger partial charge in [-0.15, -0.1) is 0 Å². The zero-order valence-electron chi connectivity index (χ0n) is 11.5. The maximum absolute atomic E-state index is 11.3. The Morgan fingerprint density at radius 2 is 2.15 bits per heavy atom. The minimum atomic E-state index is -0.354. The second kappa shape index (κ2) is 6.56. The third-order valence-corrected chi connectivity index (χ3v) is 2.57. The molecule has 1 heterocycles. The molecule has 0 spiro atoms. The molecule has 0 unspecified atom stereocenters. The number of nitrogens with one attached hydrogen (secondary N) is 1. The Hall–Kier alpha value is -2.56. The Balaban J connectivity index is 2.05. The highest BCUT2D eigenvalue weighted by Crippen LogP contribution is 2.13. The SMILES string of the molecule is CCOC(=O)/C=C(\C)Nc1cnn(-c2ccccc2)c1. The van der Waals surface area contributed by atoms with E-state index in [0.717, 1.165) is 11.4 Å². The highest BCUT2D eigenvalue weighted by atomic mass is 16.5. The third kappa shape index (κ3) is 3.71. The number of ether oxygens (including phenoxy) is 1. The molecule has 20 heavy (non-hydrogen) atoms. The molecule has 0 saturated carbocycles. The summed E-state index contributed by atoms with van der Waals surface area (Å²) in [5.41, 5.74) is 2.50. The quantitative estimate of drug-likeness (QED) is 0.671. The number of allylic oxidation sites excluding steroid dienone is 1. The molecule has 104 valence electrons. The normalized spacial score (nSPS) is 11.2. The van der Waals surface area contributed by atoms with Crippen molar-refractivity contribution >= 4 is 11.7 Å². The van der Waals surface area contributed by atoms with Gasteiger partial charge in [0, 0.05) is 11.8 Å². The average molecular weight is 271 g/mol. The van der Waals surface area contributed by atoms with Crippen molar-refractivity contribution in [2.75, 3.05) is 11.9 Å². The minimum absolute atomic E-state index is 0.354. The van der Waals surface area contributed by atoms with Crippen molar-refractivity contribution in [2.45, 2.75) is 13.8 Å². The average Bonchev–Trinajstić information content (AvgIpc) is 2.88. The molecule has 0 aliphatic rings. The summed E-state index contributed by atoms with van der Waals surface area (Å²) >= 11 is 0. The summed E-state index contributed by atoms with van der Waals surface area (Å²) in [4.78, 5) is 11.3. The molecule has 0 aliphatic carbocycles. The summed E-state index contributed by atoms with van der Waals surface area (Å²) in [6.07, 6.45) is 4.98. The van der Waals surface area contributed by atoms with Gasteiger partial charge in [0.1, 0.15) is 0 Å². The number of hydrogen-bond acceptors (Lipinski definition) is 4. The van der Waals surface area contributed by atoms with Crippen molar-refractivity contribution in [1.29, 1.82) is 0 Å². The Labute approximate surface area is 117 Å². The van der Waals surface area contributed by atoms with Gasteiger partial charge in [0.05, 0.1) is 30.4 Å². The van der Waals surface area contributed by atoms with E-state index >= 15 is 0 Å². The van der Waals surface area contributed by atoms with E-state index in [1.807, 2.05) is 36.5 Å². The van der Waals surface area contributed by atoms with E-state index < -0.39 is 0 Å². The summed E-state index contributed by atoms with van der Waals surface area (Å²) in [6.45, 7) is 3.95. The van der Waals surface area contributed by atoms with Gasteiger partial charge in [0.2, 0.25) is 0 Å². The zero-order valence-corrected chi connectivity index (χ0v) is 11.5. The van der Waals surface area contributed by atoms with Gasteiger partial charge in [0.25, 0.3) is 0 Å². The molecule has 0 radical (unpaired) electrons. The van der Waals surface area contributed by atoms with Crippen molar-refractivity contribution < 1.29 is 9.53 Å². The van der Waals surface area contributed by atoms with Gasteiger partial charge in [-0.1, -0.05) is 18.2 Å². The van der Waals surface area contributed by atoms with Gasteiger partial charge in [-0.25, -0.2) is 9.48 Å². The molecule has 0 bridgehead atoms. The summed E-state index contributed by atoms with van der Waals surface area (Å²) in [5, 5.41) is 7.36. The van der Waals surface area contributed by atoms with Crippen LogP contribution in [0.2, 0.25) is 0 Å². The first-order valence-electron chi connectivity index (χ1n) is 6.41. The number of carbonyl (C=O) groups is 1. The summed E-state index contributed by atoms with van der Waals surface area (Å²) in [7, 11) is 0. The lowest BCUT2D eigenvalue weighted by Crippen LogP contribution is -2.03. The Kier molecular flexibility index (Phi) is 4.55. The maximum atomic E-state index is 11.3. The molecule has 0 saturated heterocycles. The molecule has 0 aliphatic heterocycles. The van der Waals surface area contributed by atoms with Crippen LogP contribution in [0.4, 0.5) is 5.69 Å². The third-order valence-electron chi connectivity index (χ3n) is 2.57. The van der Waals surface area contributed by atoms with Crippen LogP contribution in [0.1, 0.15) is 13.8 Å². The maximum Gasteiger partial charge on any atom is 0.332 e. The van der Waals surface area contributed by atoms with Crippen LogP contribution in [0.25, 0.3) is 5.69 Å². The lowest BCUT2D eigenvalue weighted by atomic mass is 10.3. The Morgan fingerprint density at radius 3 is 2.85 bits per heavy atom. The smallest absolute Gasteiger partial charge is 0.332 e. The number of para-hydroxylation sites is 1. The number of anilines is 1. The van der Waals surface area contributed by atoms with Crippen LogP contribution in [0.15, 0.2) is 54.5 Å². The number of carbonyl (C=O) groups excluding carboxylic acids is 1. The van der Waals surface area contributed by atoms with Gasteiger partial charge >= 0.3 is 5.97 Å². The van der Waals surface area contributed by atoms with Gasteiger partial charge in [0.15, 0.2) is 0 Å². The van der Waals surface area contributed by atoms with E-state index in [4.69, 9.17) is 4.74 Å². The first kappa shape index (κ1) is 13.9. The standard InChI is InChI=1S/C15H17N3O2/c1-3-20-15(19)9-12(2)17-13-10-16-18(11-13)14-7-5-4-6-8-14/h4-11,17H,3H2,1-2H3/b12-9+. The van der Waals surface area contributed by atoms with Crippen LogP contribution < -0.4 is 5.32 Å². The Bertz CT molecular complexity index is 603. The summed E-state index contributed by atoms with van der Waals surface area (Å²) in [6, 6.07) is 9.81. The van der Waals surface area contributed by atoms with Crippen molar-refractivity contribution in [3.8, 4) is 5.69 Å². The van der Waals surface area contributed by atoms with E-state index in [1.165, 1.54) is 6.08 Å². The number of aromatic nitrogens is 2. The predicted octanol–water partition coefficient (Wildman–Crippen LogP) is 2.75. The van der Waals surface area contributed by atoms with Crippen LogP contribution in [-0.4, -0.2) is 22.4 Å². The van der Waals surface area contributed by atoms with E-state index in [9.17, 15) is 4.79 Å². The van der Waals surface area contributed by atoms with Gasteiger partial charge in [-0.05, 0) is 26.0 Å². The van der Waals surface area contributed by atoms with Crippen LogP contribution in [0, 0.1) is 0 Å².